The Labute approximate surface area is 195 Å². The normalized spacial score (nSPS) is 21.6. The van der Waals surface area contributed by atoms with Crippen molar-refractivity contribution in [1.82, 2.24) is 14.8 Å². The molecule has 1 atom stereocenters. The molecule has 1 saturated carbocycles. The Morgan fingerprint density at radius 2 is 1.73 bits per heavy atom. The van der Waals surface area contributed by atoms with Gasteiger partial charge in [0.25, 0.3) is 5.91 Å². The molecule has 0 unspecified atom stereocenters. The van der Waals surface area contributed by atoms with E-state index >= 15 is 0 Å². The van der Waals surface area contributed by atoms with Gasteiger partial charge in [0, 0.05) is 23.5 Å². The van der Waals surface area contributed by atoms with Gasteiger partial charge in [-0.05, 0) is 44.4 Å². The molecule has 0 bridgehead atoms. The largest absolute Gasteiger partial charge is 0.351 e. The average Bonchev–Trinajstić information content (AvgIpc) is 2.98. The van der Waals surface area contributed by atoms with E-state index in [0.717, 1.165) is 42.1 Å². The molecule has 2 aromatic carbocycles. The summed E-state index contributed by atoms with van der Waals surface area (Å²) < 4.78 is 2.04. The molecule has 1 aliphatic heterocycles. The number of carbonyl (C=O) groups excluding carboxylic acids is 2. The number of fused-ring (bicyclic) bond motifs is 3. The second-order valence-corrected chi connectivity index (χ2v) is 9.99. The lowest BCUT2D eigenvalue weighted by atomic mass is 9.93. The van der Waals surface area contributed by atoms with Crippen molar-refractivity contribution in [2.45, 2.75) is 77.0 Å². The van der Waals surface area contributed by atoms with Crippen LogP contribution in [0.15, 0.2) is 54.6 Å². The zero-order valence-electron chi connectivity index (χ0n) is 19.6. The molecule has 2 amide bonds. The summed E-state index contributed by atoms with van der Waals surface area (Å²) in [5.41, 5.74) is 2.90. The van der Waals surface area contributed by atoms with Crippen molar-refractivity contribution in [3.05, 3.63) is 71.4 Å². The Hall–Kier alpha value is -3.08. The second kappa shape index (κ2) is 8.69. The minimum absolute atomic E-state index is 0.0432. The van der Waals surface area contributed by atoms with Crippen molar-refractivity contribution >= 4 is 22.7 Å². The summed E-state index contributed by atoms with van der Waals surface area (Å²) in [5, 5.41) is 4.37. The van der Waals surface area contributed by atoms with Crippen molar-refractivity contribution in [2.24, 2.45) is 0 Å². The molecule has 5 nitrogen and oxygen atoms in total. The fraction of sp³-hybridized carbons (Fsp3) is 0.429. The van der Waals surface area contributed by atoms with Gasteiger partial charge in [0.05, 0.1) is 6.54 Å². The van der Waals surface area contributed by atoms with Gasteiger partial charge in [-0.3, -0.25) is 9.59 Å². The zero-order chi connectivity index (χ0) is 23.0. The van der Waals surface area contributed by atoms with Crippen LogP contribution in [0.2, 0.25) is 0 Å². The molecule has 5 rings (SSSR count). The van der Waals surface area contributed by atoms with Crippen LogP contribution < -0.4 is 5.32 Å². The zero-order valence-corrected chi connectivity index (χ0v) is 19.6. The first-order chi connectivity index (χ1) is 16.0. The third kappa shape index (κ3) is 4.05. The molecule has 1 N–H and O–H groups in total. The Morgan fingerprint density at radius 3 is 2.45 bits per heavy atom. The molecular weight excluding hydrogens is 410 g/mol. The molecule has 0 saturated heterocycles. The number of carbonyl (C=O) groups is 2. The average molecular weight is 444 g/mol. The number of benzene rings is 2. The molecule has 1 fully saturated rings. The smallest absolute Gasteiger partial charge is 0.271 e. The van der Waals surface area contributed by atoms with Gasteiger partial charge < -0.3 is 14.8 Å². The number of rotatable bonds is 4. The molecule has 0 spiro atoms. The van der Waals surface area contributed by atoms with E-state index in [0.29, 0.717) is 18.8 Å². The van der Waals surface area contributed by atoms with Crippen LogP contribution in [0.1, 0.15) is 67.1 Å². The van der Waals surface area contributed by atoms with E-state index in [9.17, 15) is 9.59 Å². The van der Waals surface area contributed by atoms with Crippen molar-refractivity contribution in [2.75, 3.05) is 0 Å². The Morgan fingerprint density at radius 1 is 1.03 bits per heavy atom. The molecule has 0 radical (unpaired) electrons. The van der Waals surface area contributed by atoms with Crippen LogP contribution in [0.25, 0.3) is 10.9 Å². The minimum atomic E-state index is -0.969. The summed E-state index contributed by atoms with van der Waals surface area (Å²) in [6.45, 7) is 4.85. The van der Waals surface area contributed by atoms with Gasteiger partial charge in [-0.1, -0.05) is 73.7 Å². The van der Waals surface area contributed by atoms with E-state index in [-0.39, 0.29) is 17.9 Å². The highest BCUT2D eigenvalue weighted by molar-refractivity contribution is 6.03. The number of aryl methyl sites for hydroxylation is 1. The standard InChI is InChI=1S/C28H33N3O2/c1-20-13-15-21(16-14-20)18-31-26(32)25-17-22-9-7-8-12-24(22)30(25)19-28(31,2)27(33)29-23-10-5-3-4-6-11-23/h7-9,12-17,23H,3-6,10-11,18-19H2,1-2H3,(H,29,33)/t28-/m0/s1. The Bertz CT molecular complexity index is 1170. The monoisotopic (exact) mass is 443 g/mol. The highest BCUT2D eigenvalue weighted by Gasteiger charge is 2.48. The predicted octanol–water partition coefficient (Wildman–Crippen LogP) is 5.20. The Kier molecular flexibility index (Phi) is 5.73. The van der Waals surface area contributed by atoms with Crippen molar-refractivity contribution < 1.29 is 9.59 Å². The summed E-state index contributed by atoms with van der Waals surface area (Å²) in [5.74, 6) is -0.130. The van der Waals surface area contributed by atoms with Crippen LogP contribution in [0, 0.1) is 6.92 Å². The molecule has 2 aliphatic rings. The SMILES string of the molecule is Cc1ccc(CN2C(=O)c3cc4ccccc4n3C[C@@]2(C)C(=O)NC2CCCCCC2)cc1. The van der Waals surface area contributed by atoms with Crippen molar-refractivity contribution in [1.29, 1.82) is 0 Å². The molecular formula is C28H33N3O2. The predicted molar refractivity (Wildman–Crippen MR) is 131 cm³/mol. The van der Waals surface area contributed by atoms with Crippen molar-refractivity contribution in [3.8, 4) is 0 Å². The number of aromatic nitrogens is 1. The van der Waals surface area contributed by atoms with Gasteiger partial charge in [0.15, 0.2) is 0 Å². The highest BCUT2D eigenvalue weighted by atomic mass is 16.2. The molecule has 2 heterocycles. The molecule has 1 aromatic heterocycles. The molecule has 3 aromatic rings. The summed E-state index contributed by atoms with van der Waals surface area (Å²) in [7, 11) is 0. The van der Waals surface area contributed by atoms with Crippen LogP contribution >= 0.6 is 0 Å². The lowest BCUT2D eigenvalue weighted by Crippen LogP contribution is -2.64. The quantitative estimate of drug-likeness (QED) is 0.563. The van der Waals surface area contributed by atoms with E-state index in [1.807, 2.05) is 41.8 Å². The van der Waals surface area contributed by atoms with Crippen molar-refractivity contribution in [3.63, 3.8) is 0 Å². The maximum Gasteiger partial charge on any atom is 0.271 e. The summed E-state index contributed by atoms with van der Waals surface area (Å²) in [4.78, 5) is 29.5. The number of hydrogen-bond donors (Lipinski definition) is 1. The van der Waals surface area contributed by atoms with E-state index < -0.39 is 5.54 Å². The van der Waals surface area contributed by atoms with Gasteiger partial charge in [-0.2, -0.15) is 0 Å². The molecule has 1 aliphatic carbocycles. The van der Waals surface area contributed by atoms with Gasteiger partial charge in [0.2, 0.25) is 5.91 Å². The maximum absolute atomic E-state index is 13.9. The molecule has 172 valence electrons. The Balaban J connectivity index is 1.53. The first-order valence-electron chi connectivity index (χ1n) is 12.2. The van der Waals surface area contributed by atoms with Crippen LogP contribution in [-0.4, -0.2) is 32.9 Å². The first kappa shape index (κ1) is 21.7. The second-order valence-electron chi connectivity index (χ2n) is 9.99. The van der Waals surface area contributed by atoms with E-state index in [2.05, 4.69) is 36.5 Å². The number of nitrogens with zero attached hydrogens (tertiary/aromatic N) is 2. The van der Waals surface area contributed by atoms with Crippen LogP contribution in [-0.2, 0) is 17.9 Å². The fourth-order valence-corrected chi connectivity index (χ4v) is 5.39. The number of para-hydroxylation sites is 1. The number of amides is 2. The maximum atomic E-state index is 13.9. The van der Waals surface area contributed by atoms with Gasteiger partial charge in [0.1, 0.15) is 11.2 Å². The van der Waals surface area contributed by atoms with Crippen LogP contribution in [0.5, 0.6) is 0 Å². The first-order valence-corrected chi connectivity index (χ1v) is 12.2. The summed E-state index contributed by atoms with van der Waals surface area (Å²) >= 11 is 0. The molecule has 5 heteroatoms. The van der Waals surface area contributed by atoms with Crippen LogP contribution in [0.3, 0.4) is 0 Å². The van der Waals surface area contributed by atoms with E-state index in [4.69, 9.17) is 0 Å². The van der Waals surface area contributed by atoms with E-state index in [1.165, 1.54) is 18.4 Å². The third-order valence-electron chi connectivity index (χ3n) is 7.48. The number of hydrogen-bond acceptors (Lipinski definition) is 2. The third-order valence-corrected chi connectivity index (χ3v) is 7.48. The highest BCUT2D eigenvalue weighted by Crippen LogP contribution is 2.34. The van der Waals surface area contributed by atoms with Gasteiger partial charge in [-0.15, -0.1) is 0 Å². The van der Waals surface area contributed by atoms with E-state index in [1.54, 1.807) is 4.90 Å². The lowest BCUT2D eigenvalue weighted by Gasteiger charge is -2.44. The fourth-order valence-electron chi connectivity index (χ4n) is 5.39. The molecule has 33 heavy (non-hydrogen) atoms. The number of nitrogens with one attached hydrogen (secondary N) is 1. The minimum Gasteiger partial charge on any atom is -0.351 e. The van der Waals surface area contributed by atoms with Gasteiger partial charge >= 0.3 is 0 Å². The topological polar surface area (TPSA) is 54.3 Å². The lowest BCUT2D eigenvalue weighted by molar-refractivity contribution is -0.134. The van der Waals surface area contributed by atoms with Gasteiger partial charge in [-0.25, -0.2) is 0 Å². The summed E-state index contributed by atoms with van der Waals surface area (Å²) in [6.07, 6.45) is 6.82. The summed E-state index contributed by atoms with van der Waals surface area (Å²) in [6, 6.07) is 18.4. The van der Waals surface area contributed by atoms with Crippen LogP contribution in [0.4, 0.5) is 0 Å².